The summed E-state index contributed by atoms with van der Waals surface area (Å²) in [5.74, 6) is -0.569. The van der Waals surface area contributed by atoms with Gasteiger partial charge in [-0.1, -0.05) is 42.5 Å². The second-order valence-electron chi connectivity index (χ2n) is 8.29. The average molecular weight is 513 g/mol. The van der Waals surface area contributed by atoms with Crippen molar-refractivity contribution < 1.29 is 24.2 Å². The summed E-state index contributed by atoms with van der Waals surface area (Å²) in [5.41, 5.74) is 2.02. The molecule has 1 saturated heterocycles. The lowest BCUT2D eigenvalue weighted by atomic mass is 9.95. The molecule has 1 aromatic heterocycles. The molecular formula is C29H24N2O5S. The van der Waals surface area contributed by atoms with E-state index in [0.29, 0.717) is 41.0 Å². The van der Waals surface area contributed by atoms with Gasteiger partial charge < -0.3 is 14.6 Å². The highest BCUT2D eigenvalue weighted by Crippen LogP contribution is 2.43. The third-order valence-electron chi connectivity index (χ3n) is 5.93. The van der Waals surface area contributed by atoms with Crippen LogP contribution in [0.25, 0.3) is 5.76 Å². The summed E-state index contributed by atoms with van der Waals surface area (Å²) < 4.78 is 11.5. The summed E-state index contributed by atoms with van der Waals surface area (Å²) in [7, 11) is 0. The fourth-order valence-electron chi connectivity index (χ4n) is 4.23. The second-order valence-corrected chi connectivity index (χ2v) is 9.16. The largest absolute Gasteiger partial charge is 0.507 e. The number of ether oxygens (including phenoxy) is 2. The van der Waals surface area contributed by atoms with Gasteiger partial charge in [0, 0.05) is 17.1 Å². The van der Waals surface area contributed by atoms with E-state index in [4.69, 9.17) is 9.47 Å². The molecule has 37 heavy (non-hydrogen) atoms. The number of hydrogen-bond acceptors (Lipinski definition) is 7. The third kappa shape index (κ3) is 4.96. The number of aromatic nitrogens is 1. The molecule has 1 aliphatic rings. The summed E-state index contributed by atoms with van der Waals surface area (Å²) in [6, 6.07) is 22.8. The minimum absolute atomic E-state index is 0.00966. The van der Waals surface area contributed by atoms with Gasteiger partial charge in [-0.25, -0.2) is 4.98 Å². The Kier molecular flexibility index (Phi) is 7.00. The van der Waals surface area contributed by atoms with Crippen molar-refractivity contribution in [1.29, 1.82) is 0 Å². The molecule has 0 saturated carbocycles. The first-order valence-corrected chi connectivity index (χ1v) is 12.6. The Morgan fingerprint density at radius 1 is 0.973 bits per heavy atom. The van der Waals surface area contributed by atoms with Crippen LogP contribution in [-0.4, -0.2) is 28.4 Å². The second kappa shape index (κ2) is 10.7. The minimum atomic E-state index is -0.877. The van der Waals surface area contributed by atoms with Gasteiger partial charge in [0.05, 0.1) is 18.2 Å². The van der Waals surface area contributed by atoms with Crippen LogP contribution >= 0.6 is 11.3 Å². The Morgan fingerprint density at radius 2 is 1.76 bits per heavy atom. The summed E-state index contributed by atoms with van der Waals surface area (Å²) in [4.78, 5) is 32.1. The number of amides is 1. The smallest absolute Gasteiger partial charge is 0.301 e. The van der Waals surface area contributed by atoms with Gasteiger partial charge in [-0.3, -0.25) is 14.5 Å². The number of aliphatic hydroxyl groups excluding tert-OH is 1. The molecule has 3 aromatic carbocycles. The Labute approximate surface area is 218 Å². The van der Waals surface area contributed by atoms with Gasteiger partial charge in [-0.05, 0) is 54.4 Å². The number of thiazole rings is 1. The quantitative estimate of drug-likeness (QED) is 0.184. The maximum atomic E-state index is 13.3. The van der Waals surface area contributed by atoms with Gasteiger partial charge in [0.15, 0.2) is 5.13 Å². The van der Waals surface area contributed by atoms with Gasteiger partial charge in [-0.2, -0.15) is 0 Å². The number of rotatable bonds is 8. The molecule has 8 heteroatoms. The van der Waals surface area contributed by atoms with Crippen LogP contribution < -0.4 is 14.4 Å². The van der Waals surface area contributed by atoms with Crippen LogP contribution in [0, 0.1) is 0 Å². The summed E-state index contributed by atoms with van der Waals surface area (Å²) in [6.07, 6.45) is 1.57. The molecular weight excluding hydrogens is 488 g/mol. The van der Waals surface area contributed by atoms with Gasteiger partial charge in [-0.15, -0.1) is 11.3 Å². The van der Waals surface area contributed by atoms with Crippen molar-refractivity contribution in [2.75, 3.05) is 11.5 Å². The van der Waals surface area contributed by atoms with Gasteiger partial charge >= 0.3 is 5.91 Å². The van der Waals surface area contributed by atoms with E-state index in [-0.39, 0.29) is 11.3 Å². The Hall–Kier alpha value is -4.43. The number of nitrogens with zero attached hydrogens (tertiary/aromatic N) is 2. The highest BCUT2D eigenvalue weighted by Gasteiger charge is 2.48. The summed E-state index contributed by atoms with van der Waals surface area (Å²) in [5, 5.41) is 13.4. The van der Waals surface area contributed by atoms with Gasteiger partial charge in [0.2, 0.25) is 0 Å². The van der Waals surface area contributed by atoms with E-state index in [1.54, 1.807) is 54.0 Å². The van der Waals surface area contributed by atoms with Crippen molar-refractivity contribution in [3.8, 4) is 11.5 Å². The van der Waals surface area contributed by atoms with Crippen LogP contribution in [0.5, 0.6) is 11.5 Å². The molecule has 1 amide bonds. The zero-order valence-electron chi connectivity index (χ0n) is 20.0. The Balaban J connectivity index is 1.56. The molecule has 186 valence electrons. The Morgan fingerprint density at radius 3 is 2.46 bits per heavy atom. The maximum absolute atomic E-state index is 13.3. The number of carbonyl (C=O) groups is 2. The standard InChI is InChI=1S/C29H24N2O5S/c1-2-35-22-13-11-20(12-14-22)26(32)24-25(31(28(34)27(24)33)29-30-15-16-37-29)21-9-6-10-23(17-21)36-18-19-7-4-3-5-8-19/h3-17,25,32H,2,18H2,1H3/b26-24+. The molecule has 5 rings (SSSR count). The molecule has 1 atom stereocenters. The van der Waals surface area contributed by atoms with E-state index in [1.165, 1.54) is 16.2 Å². The predicted octanol–water partition coefficient (Wildman–Crippen LogP) is 5.75. The molecule has 0 bridgehead atoms. The maximum Gasteiger partial charge on any atom is 0.301 e. The molecule has 0 radical (unpaired) electrons. The normalized spacial score (nSPS) is 16.7. The van der Waals surface area contributed by atoms with Gasteiger partial charge in [0.25, 0.3) is 5.78 Å². The molecule has 4 aromatic rings. The predicted molar refractivity (Wildman–Crippen MR) is 142 cm³/mol. The van der Waals surface area contributed by atoms with Gasteiger partial charge in [0.1, 0.15) is 23.9 Å². The fraction of sp³-hybridized carbons (Fsp3) is 0.138. The minimum Gasteiger partial charge on any atom is -0.507 e. The van der Waals surface area contributed by atoms with Crippen LogP contribution in [0.2, 0.25) is 0 Å². The van der Waals surface area contributed by atoms with Crippen molar-refractivity contribution in [3.63, 3.8) is 0 Å². The molecule has 0 spiro atoms. The zero-order valence-corrected chi connectivity index (χ0v) is 20.9. The molecule has 2 heterocycles. The van der Waals surface area contributed by atoms with Crippen LogP contribution in [0.15, 0.2) is 96.0 Å². The molecule has 1 aliphatic heterocycles. The van der Waals surface area contributed by atoms with Crippen molar-refractivity contribution in [1.82, 2.24) is 4.98 Å². The van der Waals surface area contributed by atoms with Crippen LogP contribution in [0.4, 0.5) is 5.13 Å². The van der Waals surface area contributed by atoms with E-state index in [0.717, 1.165) is 5.56 Å². The lowest BCUT2D eigenvalue weighted by Crippen LogP contribution is -2.29. The molecule has 7 nitrogen and oxygen atoms in total. The first-order chi connectivity index (χ1) is 18.1. The van der Waals surface area contributed by atoms with Crippen LogP contribution in [0.3, 0.4) is 0 Å². The number of carbonyl (C=O) groups excluding carboxylic acids is 2. The topological polar surface area (TPSA) is 89.0 Å². The highest BCUT2D eigenvalue weighted by atomic mass is 32.1. The summed E-state index contributed by atoms with van der Waals surface area (Å²) in [6.45, 7) is 2.75. The first kappa shape index (κ1) is 24.3. The third-order valence-corrected chi connectivity index (χ3v) is 6.70. The number of hydrogen-bond donors (Lipinski definition) is 1. The number of benzene rings is 3. The lowest BCUT2D eigenvalue weighted by molar-refractivity contribution is -0.132. The number of anilines is 1. The number of aliphatic hydroxyl groups is 1. The average Bonchev–Trinajstić information content (AvgIpc) is 3.55. The van der Waals surface area contributed by atoms with E-state index in [9.17, 15) is 14.7 Å². The van der Waals surface area contributed by atoms with E-state index < -0.39 is 17.7 Å². The molecule has 1 fully saturated rings. The van der Waals surface area contributed by atoms with Crippen molar-refractivity contribution in [2.45, 2.75) is 19.6 Å². The van der Waals surface area contributed by atoms with E-state index in [2.05, 4.69) is 4.98 Å². The number of ketones is 1. The lowest BCUT2D eigenvalue weighted by Gasteiger charge is -2.23. The van der Waals surface area contributed by atoms with Crippen molar-refractivity contribution >= 4 is 33.9 Å². The fourth-order valence-corrected chi connectivity index (χ4v) is 4.89. The monoisotopic (exact) mass is 512 g/mol. The van der Waals surface area contributed by atoms with E-state index in [1.807, 2.05) is 43.3 Å². The molecule has 0 aliphatic carbocycles. The highest BCUT2D eigenvalue weighted by molar-refractivity contribution is 7.14. The Bertz CT molecular complexity index is 1430. The van der Waals surface area contributed by atoms with Crippen LogP contribution in [-0.2, 0) is 16.2 Å². The zero-order chi connectivity index (χ0) is 25.8. The SMILES string of the molecule is CCOc1ccc(/C(O)=C2\C(=O)C(=O)N(c3nccs3)C2c2cccc(OCc3ccccc3)c2)cc1. The summed E-state index contributed by atoms with van der Waals surface area (Å²) >= 11 is 1.24. The molecule has 1 unspecified atom stereocenters. The molecule has 1 N–H and O–H groups in total. The first-order valence-electron chi connectivity index (χ1n) is 11.8. The number of Topliss-reactive ketones (excluding diaryl/α,β-unsaturated/α-hetero) is 1. The van der Waals surface area contributed by atoms with E-state index >= 15 is 0 Å². The van der Waals surface area contributed by atoms with Crippen molar-refractivity contribution in [3.05, 3.63) is 113 Å². The van der Waals surface area contributed by atoms with Crippen LogP contribution in [0.1, 0.15) is 29.7 Å². The van der Waals surface area contributed by atoms with Crippen molar-refractivity contribution in [2.24, 2.45) is 0 Å².